The number of carbonyl (C=O) groups is 1. The summed E-state index contributed by atoms with van der Waals surface area (Å²) in [5.41, 5.74) is 1.67. The van der Waals surface area contributed by atoms with Gasteiger partial charge in [0.2, 0.25) is 11.9 Å². The lowest BCUT2D eigenvalue weighted by Gasteiger charge is -2.39. The zero-order valence-electron chi connectivity index (χ0n) is 22.0. The molecule has 4 aliphatic rings. The van der Waals surface area contributed by atoms with Gasteiger partial charge in [-0.3, -0.25) is 14.6 Å². The Morgan fingerprint density at radius 3 is 2.46 bits per heavy atom. The Kier molecular flexibility index (Phi) is 5.70. The lowest BCUT2D eigenvalue weighted by molar-refractivity contribution is -0.123. The van der Waals surface area contributed by atoms with Gasteiger partial charge in [-0.25, -0.2) is 4.39 Å². The number of morpholine rings is 1. The van der Waals surface area contributed by atoms with Crippen molar-refractivity contribution >= 4 is 29.0 Å². The Hall–Kier alpha value is -3.14. The summed E-state index contributed by atoms with van der Waals surface area (Å²) in [4.78, 5) is 41.9. The molecule has 1 spiro atoms. The average Bonchev–Trinajstić information content (AvgIpc) is 3.06. The second kappa shape index (κ2) is 8.72. The Bertz CT molecular complexity index is 1290. The van der Waals surface area contributed by atoms with Gasteiger partial charge >= 0.3 is 0 Å². The third-order valence-electron chi connectivity index (χ3n) is 8.57. The van der Waals surface area contributed by atoms with Crippen LogP contribution in [0.5, 0.6) is 0 Å². The number of hydrogen-bond donors (Lipinski definition) is 1. The van der Waals surface area contributed by atoms with Crippen molar-refractivity contribution in [2.45, 2.75) is 57.2 Å². The number of aromatic nitrogens is 2. The number of aromatic amines is 1. The predicted octanol–water partition coefficient (Wildman–Crippen LogP) is 2.42. The zero-order valence-corrected chi connectivity index (χ0v) is 22.0. The molecular formula is C27H35FN6O3. The van der Waals surface area contributed by atoms with E-state index in [1.807, 2.05) is 36.8 Å². The Morgan fingerprint density at radius 1 is 1.05 bits per heavy atom. The topological polar surface area (TPSA) is 85.0 Å². The van der Waals surface area contributed by atoms with Gasteiger partial charge in [-0.2, -0.15) is 4.98 Å². The van der Waals surface area contributed by atoms with E-state index in [4.69, 9.17) is 9.72 Å². The Morgan fingerprint density at radius 2 is 1.76 bits per heavy atom. The summed E-state index contributed by atoms with van der Waals surface area (Å²) >= 11 is 0. The summed E-state index contributed by atoms with van der Waals surface area (Å²) in [5, 5.41) is 0. The largest absolute Gasteiger partial charge is 0.372 e. The number of piperidine rings is 1. The van der Waals surface area contributed by atoms with Crippen LogP contribution >= 0.6 is 0 Å². The van der Waals surface area contributed by atoms with Gasteiger partial charge in [0.25, 0.3) is 5.56 Å². The highest BCUT2D eigenvalue weighted by Gasteiger charge is 2.53. The number of rotatable bonds is 2. The van der Waals surface area contributed by atoms with Gasteiger partial charge in [-0.15, -0.1) is 0 Å². The number of halogens is 1. The first-order valence-electron chi connectivity index (χ1n) is 13.3. The molecule has 2 fully saturated rings. The lowest BCUT2D eigenvalue weighted by Crippen LogP contribution is -2.49. The molecule has 198 valence electrons. The summed E-state index contributed by atoms with van der Waals surface area (Å²) in [6.45, 7) is 7.28. The van der Waals surface area contributed by atoms with Crippen molar-refractivity contribution in [1.29, 1.82) is 0 Å². The fourth-order valence-electron chi connectivity index (χ4n) is 6.75. The second-order valence-corrected chi connectivity index (χ2v) is 11.1. The van der Waals surface area contributed by atoms with E-state index in [1.54, 1.807) is 18.0 Å². The number of benzene rings is 1. The van der Waals surface area contributed by atoms with E-state index >= 15 is 4.39 Å². The van der Waals surface area contributed by atoms with E-state index in [1.165, 1.54) is 0 Å². The van der Waals surface area contributed by atoms with Crippen LogP contribution in [0.2, 0.25) is 0 Å². The van der Waals surface area contributed by atoms with E-state index in [2.05, 4.69) is 9.88 Å². The van der Waals surface area contributed by atoms with Crippen molar-refractivity contribution in [3.8, 4) is 0 Å². The predicted molar refractivity (Wildman–Crippen MR) is 142 cm³/mol. The third kappa shape index (κ3) is 3.79. The van der Waals surface area contributed by atoms with E-state index < -0.39 is 5.41 Å². The number of likely N-dealkylation sites (N-methyl/N-ethyl adjacent to an activating group) is 1. The van der Waals surface area contributed by atoms with Crippen LogP contribution in [0, 0.1) is 5.82 Å². The van der Waals surface area contributed by atoms with Gasteiger partial charge in [-0.05, 0) is 51.7 Å². The van der Waals surface area contributed by atoms with Crippen LogP contribution in [0.15, 0.2) is 16.9 Å². The van der Waals surface area contributed by atoms with Crippen molar-refractivity contribution in [2.24, 2.45) is 0 Å². The molecule has 37 heavy (non-hydrogen) atoms. The van der Waals surface area contributed by atoms with Crippen LogP contribution in [-0.4, -0.2) is 74.9 Å². The van der Waals surface area contributed by atoms with E-state index in [0.717, 1.165) is 36.5 Å². The monoisotopic (exact) mass is 510 g/mol. The number of H-pyrrole nitrogens is 1. The van der Waals surface area contributed by atoms with Gasteiger partial charge in [0.1, 0.15) is 11.6 Å². The molecule has 5 heterocycles. The molecule has 1 aromatic heterocycles. The van der Waals surface area contributed by atoms with Crippen molar-refractivity contribution < 1.29 is 13.9 Å². The molecule has 0 saturated carbocycles. The molecule has 1 N–H and O–H groups in total. The number of nitrogens with zero attached hydrogens (tertiary/aromatic N) is 5. The zero-order chi connectivity index (χ0) is 26.1. The molecule has 0 unspecified atom stereocenters. The van der Waals surface area contributed by atoms with Crippen LogP contribution in [-0.2, 0) is 21.4 Å². The maximum Gasteiger partial charge on any atom is 0.257 e. The minimum absolute atomic E-state index is 0.0542. The summed E-state index contributed by atoms with van der Waals surface area (Å²) in [5.74, 6) is 0.872. The summed E-state index contributed by atoms with van der Waals surface area (Å²) < 4.78 is 21.7. The number of ether oxygens (including phenoxy) is 1. The van der Waals surface area contributed by atoms with Crippen LogP contribution in [0.1, 0.15) is 44.2 Å². The van der Waals surface area contributed by atoms with Crippen LogP contribution in [0.4, 0.5) is 27.5 Å². The first-order chi connectivity index (χ1) is 17.7. The number of anilines is 4. The molecule has 10 heteroatoms. The molecule has 0 aliphatic carbocycles. The maximum atomic E-state index is 15.9. The fourth-order valence-corrected chi connectivity index (χ4v) is 6.75. The molecule has 1 amide bonds. The molecule has 2 saturated heterocycles. The summed E-state index contributed by atoms with van der Waals surface area (Å²) in [6.07, 6.45) is 2.69. The minimum Gasteiger partial charge on any atom is -0.372 e. The number of amides is 1. The molecule has 2 atom stereocenters. The molecule has 2 aromatic rings. The molecule has 0 bridgehead atoms. The highest BCUT2D eigenvalue weighted by molar-refractivity contribution is 6.08. The average molecular weight is 511 g/mol. The van der Waals surface area contributed by atoms with E-state index in [0.29, 0.717) is 56.2 Å². The fraction of sp³-hybridized carbons (Fsp3) is 0.593. The Labute approximate surface area is 216 Å². The highest BCUT2D eigenvalue weighted by atomic mass is 19.1. The third-order valence-corrected chi connectivity index (χ3v) is 8.57. The first kappa shape index (κ1) is 24.2. The second-order valence-electron chi connectivity index (χ2n) is 11.1. The molecular weight excluding hydrogens is 475 g/mol. The van der Waals surface area contributed by atoms with E-state index in [9.17, 15) is 9.59 Å². The SMILES string of the molecule is C[C@@H]1CN(c2cc(F)c3c(c2)N(C)C(=O)C32CCN(c3nc4c(c(=O)[nH]3)CCCN4C)CC2)C[C@H](C)O1. The summed E-state index contributed by atoms with van der Waals surface area (Å²) in [6, 6.07) is 3.54. The van der Waals surface area contributed by atoms with Crippen molar-refractivity contribution in [3.05, 3.63) is 39.4 Å². The van der Waals surface area contributed by atoms with Gasteiger partial charge in [0.15, 0.2) is 0 Å². The minimum atomic E-state index is -0.903. The molecule has 1 aromatic carbocycles. The Balaban J connectivity index is 1.29. The number of carbonyl (C=O) groups excluding carboxylic acids is 1. The van der Waals surface area contributed by atoms with Crippen LogP contribution in [0.25, 0.3) is 0 Å². The first-order valence-corrected chi connectivity index (χ1v) is 13.3. The van der Waals surface area contributed by atoms with Gasteiger partial charge in [0.05, 0.1) is 28.9 Å². The molecule has 0 radical (unpaired) electrons. The lowest BCUT2D eigenvalue weighted by atomic mass is 9.73. The maximum absolute atomic E-state index is 15.9. The van der Waals surface area contributed by atoms with Crippen LogP contribution < -0.4 is 25.2 Å². The molecule has 4 aliphatic heterocycles. The number of nitrogens with one attached hydrogen (secondary N) is 1. The normalized spacial score (nSPS) is 25.1. The van der Waals surface area contributed by atoms with Gasteiger partial charge < -0.3 is 24.3 Å². The van der Waals surface area contributed by atoms with Gasteiger partial charge in [0, 0.05) is 58.1 Å². The van der Waals surface area contributed by atoms with Crippen molar-refractivity contribution in [3.63, 3.8) is 0 Å². The number of fused-ring (bicyclic) bond motifs is 3. The standard InChI is InChI=1S/C27H35FN6O3/c1-16-14-34(15-17(2)37-16)18-12-20(28)22-21(13-18)32(4)25(36)27(22)7-10-33(11-8-27)26-29-23-19(24(35)30-26)6-5-9-31(23)3/h12-13,16-17H,5-11,14-15H2,1-4H3,(H,29,30,35)/t16-,17+. The van der Waals surface area contributed by atoms with Crippen LogP contribution in [0.3, 0.4) is 0 Å². The molecule has 6 rings (SSSR count). The highest BCUT2D eigenvalue weighted by Crippen LogP contribution is 2.50. The van der Waals surface area contributed by atoms with Crippen molar-refractivity contribution in [2.75, 3.05) is 66.4 Å². The van der Waals surface area contributed by atoms with Crippen molar-refractivity contribution in [1.82, 2.24) is 9.97 Å². The van der Waals surface area contributed by atoms with E-state index in [-0.39, 0.29) is 29.5 Å². The molecule has 9 nitrogen and oxygen atoms in total. The van der Waals surface area contributed by atoms with Gasteiger partial charge in [-0.1, -0.05) is 0 Å². The number of hydrogen-bond acceptors (Lipinski definition) is 7. The smallest absolute Gasteiger partial charge is 0.257 e. The quantitative estimate of drug-likeness (QED) is 0.664. The summed E-state index contributed by atoms with van der Waals surface area (Å²) in [7, 11) is 3.70.